The smallest absolute Gasteiger partial charge is 0.0617 e. The fraction of sp³-hybridized carbons (Fsp3) is 1.00. The van der Waals surface area contributed by atoms with Crippen molar-refractivity contribution in [2.45, 2.75) is 53.6 Å². The Bertz CT molecular complexity index is 170. The van der Waals surface area contributed by atoms with Gasteiger partial charge in [0.2, 0.25) is 0 Å². The Morgan fingerprint density at radius 1 is 1.17 bits per heavy atom. The fourth-order valence-corrected chi connectivity index (χ4v) is 3.16. The molecular weight excluding hydrogens is 148 g/mol. The Hall–Kier alpha value is -0.0400. The van der Waals surface area contributed by atoms with Crippen LogP contribution in [0.15, 0.2) is 0 Å². The highest BCUT2D eigenvalue weighted by Gasteiger charge is 2.43. The van der Waals surface area contributed by atoms with Crippen molar-refractivity contribution in [2.75, 3.05) is 0 Å². The van der Waals surface area contributed by atoms with Crippen LogP contribution in [0, 0.1) is 16.7 Å². The maximum absolute atomic E-state index is 9.94. The molecule has 1 fully saturated rings. The van der Waals surface area contributed by atoms with Gasteiger partial charge in [-0.2, -0.15) is 0 Å². The second-order valence-electron chi connectivity index (χ2n) is 5.96. The number of hydrogen-bond donors (Lipinski definition) is 1. The van der Waals surface area contributed by atoms with E-state index in [0.29, 0.717) is 11.3 Å². The summed E-state index contributed by atoms with van der Waals surface area (Å²) in [5, 5.41) is 9.94. The summed E-state index contributed by atoms with van der Waals surface area (Å²) in [7, 11) is 0. The highest BCUT2D eigenvalue weighted by atomic mass is 16.3. The first-order chi connectivity index (χ1) is 5.25. The van der Waals surface area contributed by atoms with Gasteiger partial charge in [0.1, 0.15) is 0 Å². The van der Waals surface area contributed by atoms with Crippen LogP contribution in [0.2, 0.25) is 0 Å². The molecule has 1 heteroatoms. The molecule has 0 aromatic heterocycles. The van der Waals surface area contributed by atoms with Gasteiger partial charge in [-0.3, -0.25) is 0 Å². The molecule has 0 aromatic carbocycles. The largest absolute Gasteiger partial charge is 0.392 e. The lowest BCUT2D eigenvalue weighted by Gasteiger charge is -2.47. The van der Waals surface area contributed by atoms with Crippen LogP contribution in [-0.4, -0.2) is 11.2 Å². The Labute approximate surface area is 76.2 Å². The molecule has 1 nitrogen and oxygen atoms in total. The van der Waals surface area contributed by atoms with E-state index in [0.717, 1.165) is 12.8 Å². The number of hydrogen-bond acceptors (Lipinski definition) is 1. The van der Waals surface area contributed by atoms with Crippen LogP contribution in [0.4, 0.5) is 0 Å². The standard InChI is InChI=1S/C11H22O/c1-8-6-10(2,3)7-11(4,5)9(8)12/h8-9,12H,6-7H2,1-5H3. The third-order valence-corrected chi connectivity index (χ3v) is 3.15. The van der Waals surface area contributed by atoms with Gasteiger partial charge in [0.15, 0.2) is 0 Å². The van der Waals surface area contributed by atoms with E-state index >= 15 is 0 Å². The number of aliphatic hydroxyl groups excluding tert-OH is 1. The van der Waals surface area contributed by atoms with Crippen LogP contribution in [0.5, 0.6) is 0 Å². The predicted molar refractivity (Wildman–Crippen MR) is 52.0 cm³/mol. The zero-order valence-corrected chi connectivity index (χ0v) is 9.02. The molecule has 2 unspecified atom stereocenters. The summed E-state index contributed by atoms with van der Waals surface area (Å²) in [6.45, 7) is 11.1. The van der Waals surface area contributed by atoms with Crippen molar-refractivity contribution in [2.24, 2.45) is 16.7 Å². The third kappa shape index (κ3) is 1.82. The molecule has 12 heavy (non-hydrogen) atoms. The van der Waals surface area contributed by atoms with Crippen molar-refractivity contribution in [3.05, 3.63) is 0 Å². The summed E-state index contributed by atoms with van der Waals surface area (Å²) >= 11 is 0. The molecule has 2 atom stereocenters. The van der Waals surface area contributed by atoms with Gasteiger partial charge >= 0.3 is 0 Å². The van der Waals surface area contributed by atoms with Crippen molar-refractivity contribution < 1.29 is 5.11 Å². The Morgan fingerprint density at radius 3 is 2.08 bits per heavy atom. The summed E-state index contributed by atoms with van der Waals surface area (Å²) in [5.74, 6) is 0.448. The molecule has 72 valence electrons. The van der Waals surface area contributed by atoms with E-state index in [1.807, 2.05) is 0 Å². The van der Waals surface area contributed by atoms with Crippen LogP contribution < -0.4 is 0 Å². The van der Waals surface area contributed by atoms with Gasteiger partial charge in [-0.25, -0.2) is 0 Å². The van der Waals surface area contributed by atoms with Crippen molar-refractivity contribution in [1.29, 1.82) is 0 Å². The molecule has 0 spiro atoms. The SMILES string of the molecule is CC1CC(C)(C)CC(C)(C)C1O. The number of rotatable bonds is 0. The van der Waals surface area contributed by atoms with Crippen LogP contribution in [0.1, 0.15) is 47.5 Å². The van der Waals surface area contributed by atoms with E-state index < -0.39 is 0 Å². The van der Waals surface area contributed by atoms with Crippen molar-refractivity contribution in [3.63, 3.8) is 0 Å². The average molecular weight is 170 g/mol. The Morgan fingerprint density at radius 2 is 1.67 bits per heavy atom. The van der Waals surface area contributed by atoms with E-state index in [9.17, 15) is 5.11 Å². The van der Waals surface area contributed by atoms with Crippen molar-refractivity contribution >= 4 is 0 Å². The minimum atomic E-state index is -0.120. The van der Waals surface area contributed by atoms with Crippen LogP contribution in [-0.2, 0) is 0 Å². The van der Waals surface area contributed by atoms with Crippen molar-refractivity contribution in [3.8, 4) is 0 Å². The summed E-state index contributed by atoms with van der Waals surface area (Å²) in [6, 6.07) is 0. The highest BCUT2D eigenvalue weighted by Crippen LogP contribution is 2.48. The highest BCUT2D eigenvalue weighted by molar-refractivity contribution is 4.93. The topological polar surface area (TPSA) is 20.2 Å². The minimum absolute atomic E-state index is 0.0984. The fourth-order valence-electron chi connectivity index (χ4n) is 3.16. The van der Waals surface area contributed by atoms with Gasteiger partial charge < -0.3 is 5.11 Å². The Balaban J connectivity index is 2.80. The average Bonchev–Trinajstić information content (AvgIpc) is 1.79. The first-order valence-corrected chi connectivity index (χ1v) is 4.93. The van der Waals surface area contributed by atoms with Gasteiger partial charge in [-0.15, -0.1) is 0 Å². The van der Waals surface area contributed by atoms with Gasteiger partial charge in [0.05, 0.1) is 6.10 Å². The van der Waals surface area contributed by atoms with Crippen LogP contribution in [0.3, 0.4) is 0 Å². The van der Waals surface area contributed by atoms with Crippen molar-refractivity contribution in [1.82, 2.24) is 0 Å². The molecule has 1 saturated carbocycles. The molecule has 0 saturated heterocycles. The third-order valence-electron chi connectivity index (χ3n) is 3.15. The van der Waals surface area contributed by atoms with E-state index in [1.54, 1.807) is 0 Å². The molecule has 1 aliphatic carbocycles. The maximum atomic E-state index is 9.94. The molecule has 1 rings (SSSR count). The lowest BCUT2D eigenvalue weighted by molar-refractivity contribution is -0.0690. The van der Waals surface area contributed by atoms with Gasteiger partial charge in [-0.1, -0.05) is 34.6 Å². The van der Waals surface area contributed by atoms with Crippen LogP contribution in [0.25, 0.3) is 0 Å². The molecule has 0 amide bonds. The zero-order valence-electron chi connectivity index (χ0n) is 9.02. The van der Waals surface area contributed by atoms with Gasteiger partial charge in [0.25, 0.3) is 0 Å². The summed E-state index contributed by atoms with van der Waals surface area (Å²) in [6.07, 6.45) is 2.16. The van der Waals surface area contributed by atoms with E-state index in [4.69, 9.17) is 0 Å². The molecule has 1 N–H and O–H groups in total. The van der Waals surface area contributed by atoms with E-state index in [1.165, 1.54) is 0 Å². The molecular formula is C11H22O. The van der Waals surface area contributed by atoms with E-state index in [-0.39, 0.29) is 11.5 Å². The number of aliphatic hydroxyl groups is 1. The molecule has 0 aliphatic heterocycles. The van der Waals surface area contributed by atoms with Gasteiger partial charge in [0, 0.05) is 0 Å². The minimum Gasteiger partial charge on any atom is -0.392 e. The summed E-state index contributed by atoms with van der Waals surface area (Å²) in [5.41, 5.74) is 0.503. The zero-order chi connectivity index (χ0) is 9.57. The summed E-state index contributed by atoms with van der Waals surface area (Å²) < 4.78 is 0. The second-order valence-corrected chi connectivity index (χ2v) is 5.96. The normalized spacial score (nSPS) is 39.5. The first kappa shape index (κ1) is 10.0. The lowest BCUT2D eigenvalue weighted by atomic mass is 9.60. The second kappa shape index (κ2) is 2.73. The van der Waals surface area contributed by atoms with Gasteiger partial charge in [-0.05, 0) is 29.6 Å². The molecule has 1 aliphatic rings. The molecule has 0 aromatic rings. The van der Waals surface area contributed by atoms with Crippen LogP contribution >= 0.6 is 0 Å². The quantitative estimate of drug-likeness (QED) is 0.592. The molecule has 0 heterocycles. The monoisotopic (exact) mass is 170 g/mol. The lowest BCUT2D eigenvalue weighted by Crippen LogP contribution is -2.44. The molecule has 0 bridgehead atoms. The summed E-state index contributed by atoms with van der Waals surface area (Å²) in [4.78, 5) is 0. The maximum Gasteiger partial charge on any atom is 0.0617 e. The Kier molecular flexibility index (Phi) is 2.28. The molecule has 0 radical (unpaired) electrons. The predicted octanol–water partition coefficient (Wildman–Crippen LogP) is 2.83. The van der Waals surface area contributed by atoms with E-state index in [2.05, 4.69) is 34.6 Å². The first-order valence-electron chi connectivity index (χ1n) is 4.93.